The van der Waals surface area contributed by atoms with E-state index in [0.717, 1.165) is 25.7 Å². The third-order valence-corrected chi connectivity index (χ3v) is 6.07. The van der Waals surface area contributed by atoms with E-state index in [9.17, 15) is 26.7 Å². The van der Waals surface area contributed by atoms with Crippen molar-refractivity contribution in [3.8, 4) is 5.75 Å². The predicted molar refractivity (Wildman–Crippen MR) is 117 cm³/mol. The number of aryl methyl sites for hydroxylation is 1. The molecule has 0 aromatic heterocycles. The number of thioether (sulfide) groups is 1. The van der Waals surface area contributed by atoms with Crippen molar-refractivity contribution in [2.45, 2.75) is 43.3 Å². The molecule has 0 spiro atoms. The molecule has 33 heavy (non-hydrogen) atoms. The number of carbonyl (C=O) groups excluding carboxylic acids is 1. The fourth-order valence-electron chi connectivity index (χ4n) is 3.07. The number of hydrogen-bond donors (Lipinski definition) is 0. The topological polar surface area (TPSA) is 26.3 Å². The summed E-state index contributed by atoms with van der Waals surface area (Å²) in [5, 5.41) is 0. The minimum atomic E-state index is -2.19. The molecule has 8 heteroatoms. The average molecular weight is 480 g/mol. The van der Waals surface area contributed by atoms with E-state index < -0.39 is 40.0 Å². The van der Waals surface area contributed by atoms with Crippen molar-refractivity contribution in [2.75, 3.05) is 0 Å². The standard InChI is InChI=1S/C25H21F5O2S/c1-2-3-4-5-15-8-12-18(13-9-15)32-25(31)17-10-6-16(7-11-17)14-33-24-22(29)20(27)19(26)21(28)23(24)30/h6-13H,2-5,14H2,1H3. The van der Waals surface area contributed by atoms with Crippen LogP contribution in [0.1, 0.15) is 47.7 Å². The Morgan fingerprint density at radius 2 is 1.30 bits per heavy atom. The summed E-state index contributed by atoms with van der Waals surface area (Å²) in [5.74, 6) is -10.1. The molecule has 0 radical (unpaired) electrons. The van der Waals surface area contributed by atoms with Gasteiger partial charge in [0.15, 0.2) is 23.3 Å². The van der Waals surface area contributed by atoms with Gasteiger partial charge in [0.2, 0.25) is 5.82 Å². The Morgan fingerprint density at radius 3 is 1.88 bits per heavy atom. The van der Waals surface area contributed by atoms with Crippen LogP contribution in [0.4, 0.5) is 22.0 Å². The number of hydrogen-bond acceptors (Lipinski definition) is 3. The third kappa shape index (κ3) is 6.13. The lowest BCUT2D eigenvalue weighted by molar-refractivity contribution is 0.0734. The zero-order chi connectivity index (χ0) is 24.0. The number of unbranched alkanes of at least 4 members (excludes halogenated alkanes) is 2. The molecule has 0 aliphatic carbocycles. The summed E-state index contributed by atoms with van der Waals surface area (Å²) >= 11 is 0.476. The van der Waals surface area contributed by atoms with E-state index in [4.69, 9.17) is 4.74 Å². The van der Waals surface area contributed by atoms with E-state index in [-0.39, 0.29) is 11.3 Å². The number of ether oxygens (including phenoxy) is 1. The lowest BCUT2D eigenvalue weighted by atomic mass is 10.1. The number of benzene rings is 3. The molecule has 0 bridgehead atoms. The van der Waals surface area contributed by atoms with Gasteiger partial charge in [-0.1, -0.05) is 44.0 Å². The van der Waals surface area contributed by atoms with Crippen LogP contribution in [0.2, 0.25) is 0 Å². The third-order valence-electron chi connectivity index (χ3n) is 4.95. The summed E-state index contributed by atoms with van der Waals surface area (Å²) in [6.07, 6.45) is 4.37. The summed E-state index contributed by atoms with van der Waals surface area (Å²) in [7, 11) is 0. The van der Waals surface area contributed by atoms with Gasteiger partial charge in [-0.15, -0.1) is 11.8 Å². The molecular formula is C25H21F5O2S. The van der Waals surface area contributed by atoms with Gasteiger partial charge in [-0.3, -0.25) is 0 Å². The molecule has 174 valence electrons. The highest BCUT2D eigenvalue weighted by Crippen LogP contribution is 2.32. The van der Waals surface area contributed by atoms with Crippen molar-refractivity contribution in [1.82, 2.24) is 0 Å². The molecule has 3 rings (SSSR count). The highest BCUT2D eigenvalue weighted by molar-refractivity contribution is 7.98. The van der Waals surface area contributed by atoms with Gasteiger partial charge in [-0.05, 0) is 48.2 Å². The smallest absolute Gasteiger partial charge is 0.343 e. The van der Waals surface area contributed by atoms with Crippen molar-refractivity contribution in [1.29, 1.82) is 0 Å². The van der Waals surface area contributed by atoms with Crippen LogP contribution in [-0.2, 0) is 12.2 Å². The molecule has 0 N–H and O–H groups in total. The van der Waals surface area contributed by atoms with Gasteiger partial charge in [0, 0.05) is 5.75 Å². The van der Waals surface area contributed by atoms with Crippen LogP contribution in [0.15, 0.2) is 53.4 Å². The fourth-order valence-corrected chi connectivity index (χ4v) is 4.01. The van der Waals surface area contributed by atoms with Crippen molar-refractivity contribution < 1.29 is 31.5 Å². The first-order valence-electron chi connectivity index (χ1n) is 10.4. The molecule has 0 saturated heterocycles. The number of carbonyl (C=O) groups is 1. The van der Waals surface area contributed by atoms with Crippen molar-refractivity contribution >= 4 is 17.7 Å². The first-order valence-corrected chi connectivity index (χ1v) is 11.3. The van der Waals surface area contributed by atoms with Crippen LogP contribution in [0.3, 0.4) is 0 Å². The lowest BCUT2D eigenvalue weighted by Crippen LogP contribution is -2.08. The molecular weight excluding hydrogens is 459 g/mol. The molecule has 3 aromatic rings. The lowest BCUT2D eigenvalue weighted by Gasteiger charge is -2.09. The van der Waals surface area contributed by atoms with E-state index in [1.54, 1.807) is 12.1 Å². The molecule has 0 saturated carbocycles. The predicted octanol–water partition coefficient (Wildman–Crippen LogP) is 7.63. The molecule has 0 atom stereocenters. The van der Waals surface area contributed by atoms with Gasteiger partial charge in [0.25, 0.3) is 0 Å². The Labute approximate surface area is 192 Å². The minimum Gasteiger partial charge on any atom is -0.423 e. The second-order valence-electron chi connectivity index (χ2n) is 7.38. The summed E-state index contributed by atoms with van der Waals surface area (Å²) in [6.45, 7) is 2.14. The minimum absolute atomic E-state index is 0.0623. The summed E-state index contributed by atoms with van der Waals surface area (Å²) in [4.78, 5) is 11.4. The molecule has 0 heterocycles. The molecule has 0 unspecified atom stereocenters. The maximum absolute atomic E-state index is 13.8. The molecule has 0 aliphatic rings. The summed E-state index contributed by atoms with van der Waals surface area (Å²) in [6, 6.07) is 13.3. The van der Waals surface area contributed by atoms with Gasteiger partial charge in [-0.2, -0.15) is 0 Å². The van der Waals surface area contributed by atoms with E-state index in [2.05, 4.69) is 6.92 Å². The van der Waals surface area contributed by atoms with Crippen molar-refractivity contribution in [2.24, 2.45) is 0 Å². The van der Waals surface area contributed by atoms with Crippen LogP contribution in [0.25, 0.3) is 0 Å². The molecule has 0 fully saturated rings. The van der Waals surface area contributed by atoms with Crippen LogP contribution in [0, 0.1) is 29.1 Å². The van der Waals surface area contributed by atoms with Crippen LogP contribution >= 0.6 is 11.8 Å². The number of rotatable bonds is 9. The Bertz CT molecular complexity index is 1090. The quantitative estimate of drug-likeness (QED) is 0.0599. The Morgan fingerprint density at radius 1 is 0.758 bits per heavy atom. The van der Waals surface area contributed by atoms with Crippen LogP contribution < -0.4 is 4.74 Å². The highest BCUT2D eigenvalue weighted by atomic mass is 32.2. The molecule has 2 nitrogen and oxygen atoms in total. The Balaban J connectivity index is 1.60. The van der Waals surface area contributed by atoms with Gasteiger partial charge in [0.05, 0.1) is 10.5 Å². The number of halogens is 5. The van der Waals surface area contributed by atoms with E-state index in [1.807, 2.05) is 12.1 Å². The van der Waals surface area contributed by atoms with Gasteiger partial charge in [0.1, 0.15) is 5.75 Å². The first-order chi connectivity index (χ1) is 15.8. The van der Waals surface area contributed by atoms with Crippen LogP contribution in [-0.4, -0.2) is 5.97 Å². The van der Waals surface area contributed by atoms with Crippen LogP contribution in [0.5, 0.6) is 5.75 Å². The van der Waals surface area contributed by atoms with Gasteiger partial charge >= 0.3 is 5.97 Å². The normalized spacial score (nSPS) is 11.0. The maximum Gasteiger partial charge on any atom is 0.343 e. The summed E-state index contributed by atoms with van der Waals surface area (Å²) in [5.41, 5.74) is 1.95. The Hall–Kier alpha value is -2.87. The maximum atomic E-state index is 13.8. The molecule has 3 aromatic carbocycles. The van der Waals surface area contributed by atoms with Gasteiger partial charge in [-0.25, -0.2) is 26.7 Å². The second kappa shape index (κ2) is 11.3. The monoisotopic (exact) mass is 480 g/mol. The largest absolute Gasteiger partial charge is 0.423 e. The molecule has 0 amide bonds. The van der Waals surface area contributed by atoms with Gasteiger partial charge < -0.3 is 4.74 Å². The first kappa shape index (κ1) is 24.8. The van der Waals surface area contributed by atoms with E-state index in [1.165, 1.54) is 29.8 Å². The average Bonchev–Trinajstić information content (AvgIpc) is 2.83. The number of esters is 1. The Kier molecular flexibility index (Phi) is 8.49. The van der Waals surface area contributed by atoms with Crippen molar-refractivity contribution in [3.63, 3.8) is 0 Å². The van der Waals surface area contributed by atoms with Crippen molar-refractivity contribution in [3.05, 3.63) is 94.3 Å². The SMILES string of the molecule is CCCCCc1ccc(OC(=O)c2ccc(CSc3c(F)c(F)c(F)c(F)c3F)cc2)cc1. The fraction of sp³-hybridized carbons (Fsp3) is 0.240. The van der Waals surface area contributed by atoms with E-state index >= 15 is 0 Å². The second-order valence-corrected chi connectivity index (χ2v) is 8.36. The zero-order valence-electron chi connectivity index (χ0n) is 17.8. The highest BCUT2D eigenvalue weighted by Gasteiger charge is 2.25. The zero-order valence-corrected chi connectivity index (χ0v) is 18.6. The summed E-state index contributed by atoms with van der Waals surface area (Å²) < 4.78 is 72.7. The molecule has 0 aliphatic heterocycles. The van der Waals surface area contributed by atoms with E-state index in [0.29, 0.717) is 23.1 Å².